The molecule has 1 fully saturated rings. The van der Waals surface area contributed by atoms with Crippen molar-refractivity contribution in [1.29, 1.82) is 0 Å². The summed E-state index contributed by atoms with van der Waals surface area (Å²) in [6.07, 6.45) is 3.57. The Morgan fingerprint density at radius 3 is 2.77 bits per heavy atom. The van der Waals surface area contributed by atoms with Gasteiger partial charge in [-0.25, -0.2) is 10.8 Å². The van der Waals surface area contributed by atoms with Crippen LogP contribution in [0.4, 0.5) is 11.5 Å². The van der Waals surface area contributed by atoms with E-state index in [1.54, 1.807) is 18.3 Å². The maximum absolute atomic E-state index is 12.1. The topological polar surface area (TPSA) is 101 Å². The highest BCUT2D eigenvalue weighted by Gasteiger charge is 2.34. The summed E-state index contributed by atoms with van der Waals surface area (Å²) in [5, 5.41) is 4.48. The SMILES string of the molecule is CC1C(N(C)N)=C(N)c2ccnc(NC(=O)C3CC3)c2N1C. The van der Waals surface area contributed by atoms with Crippen molar-refractivity contribution < 1.29 is 4.79 Å². The monoisotopic (exact) mass is 302 g/mol. The highest BCUT2D eigenvalue weighted by atomic mass is 16.2. The van der Waals surface area contributed by atoms with E-state index in [9.17, 15) is 4.79 Å². The average Bonchev–Trinajstić information content (AvgIpc) is 3.29. The van der Waals surface area contributed by atoms with Crippen LogP contribution >= 0.6 is 0 Å². The molecular weight excluding hydrogens is 280 g/mol. The molecule has 3 rings (SSSR count). The molecule has 7 nitrogen and oxygen atoms in total. The van der Waals surface area contributed by atoms with Gasteiger partial charge in [-0.05, 0) is 25.8 Å². The van der Waals surface area contributed by atoms with E-state index in [0.29, 0.717) is 11.5 Å². The second-order valence-electron chi connectivity index (χ2n) is 6.02. The predicted octanol–water partition coefficient (Wildman–Crippen LogP) is 0.701. The van der Waals surface area contributed by atoms with Crippen LogP contribution in [0.2, 0.25) is 0 Å². The van der Waals surface area contributed by atoms with E-state index in [1.807, 2.05) is 24.9 Å². The highest BCUT2D eigenvalue weighted by molar-refractivity contribution is 5.98. The maximum Gasteiger partial charge on any atom is 0.228 e. The van der Waals surface area contributed by atoms with E-state index in [-0.39, 0.29) is 17.9 Å². The number of amides is 1. The summed E-state index contributed by atoms with van der Waals surface area (Å²) in [6, 6.07) is 1.84. The fraction of sp³-hybridized carbons (Fsp3) is 0.467. The summed E-state index contributed by atoms with van der Waals surface area (Å²) >= 11 is 0. The van der Waals surface area contributed by atoms with Crippen LogP contribution in [0.5, 0.6) is 0 Å². The number of hydrogen-bond acceptors (Lipinski definition) is 6. The Bertz CT molecular complexity index is 649. The quantitative estimate of drug-likeness (QED) is 0.561. The zero-order valence-corrected chi connectivity index (χ0v) is 13.1. The Morgan fingerprint density at radius 1 is 1.50 bits per heavy atom. The standard InChI is InChI=1S/C15H22N6O/c1-8-12(21(3)17)11(16)10-6-7-18-14(13(10)20(8)2)19-15(22)9-4-5-9/h6-9H,4-5,16-17H2,1-3H3,(H,18,19,22). The van der Waals surface area contributed by atoms with E-state index in [1.165, 1.54) is 0 Å². The van der Waals surface area contributed by atoms with Crippen LogP contribution in [-0.4, -0.2) is 36.0 Å². The first kappa shape index (κ1) is 14.6. The van der Waals surface area contributed by atoms with Gasteiger partial charge in [-0.15, -0.1) is 0 Å². The molecule has 2 heterocycles. The number of nitrogens with zero attached hydrogens (tertiary/aromatic N) is 3. The lowest BCUT2D eigenvalue weighted by Crippen LogP contribution is -2.44. The van der Waals surface area contributed by atoms with Crippen molar-refractivity contribution >= 4 is 23.1 Å². The number of carbonyl (C=O) groups excluding carboxylic acids is 1. The van der Waals surface area contributed by atoms with Crippen LogP contribution in [0.3, 0.4) is 0 Å². The summed E-state index contributed by atoms with van der Waals surface area (Å²) in [6.45, 7) is 2.02. The third-order valence-electron chi connectivity index (χ3n) is 4.39. The number of rotatable bonds is 3. The number of nitrogens with two attached hydrogens (primary N) is 2. The molecule has 0 spiro atoms. The summed E-state index contributed by atoms with van der Waals surface area (Å²) in [5.41, 5.74) is 9.46. The van der Waals surface area contributed by atoms with Crippen molar-refractivity contribution in [1.82, 2.24) is 9.99 Å². The minimum atomic E-state index is -0.0109. The minimum Gasteiger partial charge on any atom is -0.397 e. The molecule has 1 amide bonds. The molecule has 118 valence electrons. The van der Waals surface area contributed by atoms with Crippen molar-refractivity contribution in [3.63, 3.8) is 0 Å². The largest absolute Gasteiger partial charge is 0.397 e. The second kappa shape index (κ2) is 5.17. The molecule has 7 heteroatoms. The first-order valence-electron chi connectivity index (χ1n) is 7.43. The molecule has 1 aliphatic carbocycles. The van der Waals surface area contributed by atoms with Crippen molar-refractivity contribution in [2.24, 2.45) is 17.5 Å². The molecule has 1 aliphatic heterocycles. The van der Waals surface area contributed by atoms with Crippen molar-refractivity contribution in [3.05, 3.63) is 23.5 Å². The fourth-order valence-electron chi connectivity index (χ4n) is 2.91. The van der Waals surface area contributed by atoms with Gasteiger partial charge < -0.3 is 21.0 Å². The summed E-state index contributed by atoms with van der Waals surface area (Å²) < 4.78 is 0. The Morgan fingerprint density at radius 2 is 2.18 bits per heavy atom. The number of likely N-dealkylation sites (N-methyl/N-ethyl adjacent to an activating group) is 2. The van der Waals surface area contributed by atoms with Crippen LogP contribution in [0.15, 0.2) is 18.0 Å². The molecule has 1 saturated carbocycles. The number of anilines is 2. The lowest BCUT2D eigenvalue weighted by Gasteiger charge is -2.39. The Labute approximate surface area is 129 Å². The lowest BCUT2D eigenvalue weighted by molar-refractivity contribution is -0.117. The van der Waals surface area contributed by atoms with Gasteiger partial charge in [-0.3, -0.25) is 4.79 Å². The molecule has 22 heavy (non-hydrogen) atoms. The molecule has 0 aromatic carbocycles. The number of hydrazine groups is 1. The van der Waals surface area contributed by atoms with Crippen LogP contribution in [0.1, 0.15) is 25.3 Å². The second-order valence-corrected chi connectivity index (χ2v) is 6.02. The van der Waals surface area contributed by atoms with Gasteiger partial charge in [0, 0.05) is 31.8 Å². The lowest BCUT2D eigenvalue weighted by atomic mass is 9.99. The van der Waals surface area contributed by atoms with E-state index in [0.717, 1.165) is 29.8 Å². The number of fused-ring (bicyclic) bond motifs is 1. The Hall–Kier alpha value is -2.28. The zero-order chi connectivity index (χ0) is 16.0. The highest BCUT2D eigenvalue weighted by Crippen LogP contribution is 2.40. The normalized spacial score (nSPS) is 20.7. The third-order valence-corrected chi connectivity index (χ3v) is 4.39. The number of hydrogen-bond donors (Lipinski definition) is 3. The van der Waals surface area contributed by atoms with Gasteiger partial charge in [0.25, 0.3) is 0 Å². The van der Waals surface area contributed by atoms with Crippen LogP contribution in [0, 0.1) is 5.92 Å². The number of aromatic nitrogens is 1. The van der Waals surface area contributed by atoms with Gasteiger partial charge in [0.1, 0.15) is 0 Å². The predicted molar refractivity (Wildman–Crippen MR) is 86.5 cm³/mol. The summed E-state index contributed by atoms with van der Waals surface area (Å²) in [5.74, 6) is 6.64. The molecule has 1 unspecified atom stereocenters. The molecule has 0 saturated heterocycles. The van der Waals surface area contributed by atoms with Crippen molar-refractivity contribution in [3.8, 4) is 0 Å². The first-order valence-corrected chi connectivity index (χ1v) is 7.43. The van der Waals surface area contributed by atoms with Crippen molar-refractivity contribution in [2.45, 2.75) is 25.8 Å². The fourth-order valence-corrected chi connectivity index (χ4v) is 2.91. The van der Waals surface area contributed by atoms with Gasteiger partial charge in [0.05, 0.1) is 23.1 Å². The Balaban J connectivity index is 2.06. The maximum atomic E-state index is 12.1. The van der Waals surface area contributed by atoms with E-state index in [4.69, 9.17) is 11.6 Å². The average molecular weight is 302 g/mol. The van der Waals surface area contributed by atoms with E-state index < -0.39 is 0 Å². The molecule has 5 N–H and O–H groups in total. The number of carbonyl (C=O) groups is 1. The van der Waals surface area contributed by atoms with Gasteiger partial charge in [-0.2, -0.15) is 0 Å². The summed E-state index contributed by atoms with van der Waals surface area (Å²) in [4.78, 5) is 18.4. The van der Waals surface area contributed by atoms with Gasteiger partial charge in [0.15, 0.2) is 5.82 Å². The minimum absolute atomic E-state index is 0.0109. The van der Waals surface area contributed by atoms with Gasteiger partial charge >= 0.3 is 0 Å². The smallest absolute Gasteiger partial charge is 0.228 e. The van der Waals surface area contributed by atoms with E-state index >= 15 is 0 Å². The van der Waals surface area contributed by atoms with Crippen LogP contribution in [0.25, 0.3) is 5.70 Å². The first-order chi connectivity index (χ1) is 10.4. The van der Waals surface area contributed by atoms with Gasteiger partial charge in [0.2, 0.25) is 5.91 Å². The molecule has 0 radical (unpaired) electrons. The van der Waals surface area contributed by atoms with Crippen LogP contribution in [-0.2, 0) is 4.79 Å². The molecule has 0 bridgehead atoms. The Kier molecular flexibility index (Phi) is 3.44. The van der Waals surface area contributed by atoms with E-state index in [2.05, 4.69) is 10.3 Å². The molecule has 1 aromatic heterocycles. The van der Waals surface area contributed by atoms with Crippen molar-refractivity contribution in [2.75, 3.05) is 24.3 Å². The third kappa shape index (κ3) is 2.27. The number of nitrogens with one attached hydrogen (secondary N) is 1. The molecule has 2 aliphatic rings. The van der Waals surface area contributed by atoms with Crippen LogP contribution < -0.4 is 21.8 Å². The zero-order valence-electron chi connectivity index (χ0n) is 13.1. The number of pyridine rings is 1. The molecule has 1 aromatic rings. The molecule has 1 atom stereocenters. The van der Waals surface area contributed by atoms with Gasteiger partial charge in [-0.1, -0.05) is 0 Å². The summed E-state index contributed by atoms with van der Waals surface area (Å²) in [7, 11) is 3.72. The molecular formula is C15H22N6O.